The third kappa shape index (κ3) is 3.55. The zero-order valence-corrected chi connectivity index (χ0v) is 14.4. The SMILES string of the molecule is CCC1(CC)NC(=O)N(CC(=O)N(C)CCc2ccccn2)C1=O. The number of hydrogen-bond donors (Lipinski definition) is 1. The van der Waals surface area contributed by atoms with Gasteiger partial charge in [0.25, 0.3) is 5.91 Å². The monoisotopic (exact) mass is 332 g/mol. The molecule has 1 aromatic rings. The van der Waals surface area contributed by atoms with Crippen molar-refractivity contribution < 1.29 is 14.4 Å². The lowest BCUT2D eigenvalue weighted by Gasteiger charge is -2.24. The van der Waals surface area contributed by atoms with Gasteiger partial charge in [0.1, 0.15) is 12.1 Å². The lowest BCUT2D eigenvalue weighted by molar-refractivity contribution is -0.138. The number of nitrogens with one attached hydrogen (secondary N) is 1. The summed E-state index contributed by atoms with van der Waals surface area (Å²) in [5.41, 5.74) is 0.0206. The number of hydrogen-bond acceptors (Lipinski definition) is 4. The zero-order chi connectivity index (χ0) is 17.7. The molecular formula is C17H24N4O3. The van der Waals surface area contributed by atoms with Crippen LogP contribution in [0.1, 0.15) is 32.4 Å². The van der Waals surface area contributed by atoms with E-state index in [1.807, 2.05) is 32.0 Å². The summed E-state index contributed by atoms with van der Waals surface area (Å²) < 4.78 is 0. The van der Waals surface area contributed by atoms with Crippen LogP contribution in [0.15, 0.2) is 24.4 Å². The van der Waals surface area contributed by atoms with Crippen LogP contribution in [-0.2, 0) is 16.0 Å². The van der Waals surface area contributed by atoms with Crippen LogP contribution in [0, 0.1) is 0 Å². The fraction of sp³-hybridized carbons (Fsp3) is 0.529. The van der Waals surface area contributed by atoms with E-state index < -0.39 is 11.6 Å². The van der Waals surface area contributed by atoms with E-state index in [0.29, 0.717) is 25.8 Å². The van der Waals surface area contributed by atoms with Gasteiger partial charge < -0.3 is 10.2 Å². The Bertz CT molecular complexity index is 614. The van der Waals surface area contributed by atoms with E-state index in [1.165, 1.54) is 4.90 Å². The van der Waals surface area contributed by atoms with Crippen molar-refractivity contribution in [3.63, 3.8) is 0 Å². The highest BCUT2D eigenvalue weighted by atomic mass is 16.2. The molecule has 1 aliphatic rings. The van der Waals surface area contributed by atoms with Crippen molar-refractivity contribution in [1.82, 2.24) is 20.1 Å². The van der Waals surface area contributed by atoms with Gasteiger partial charge in [-0.3, -0.25) is 19.5 Å². The van der Waals surface area contributed by atoms with E-state index in [9.17, 15) is 14.4 Å². The second kappa shape index (κ2) is 7.42. The van der Waals surface area contributed by atoms with Crippen molar-refractivity contribution in [2.24, 2.45) is 0 Å². The first-order valence-electron chi connectivity index (χ1n) is 8.21. The second-order valence-electron chi connectivity index (χ2n) is 6.00. The van der Waals surface area contributed by atoms with Crippen LogP contribution in [0.3, 0.4) is 0 Å². The lowest BCUT2D eigenvalue weighted by Crippen LogP contribution is -2.47. The number of aromatic nitrogens is 1. The molecule has 1 aliphatic heterocycles. The first-order valence-corrected chi connectivity index (χ1v) is 8.21. The molecule has 0 radical (unpaired) electrons. The van der Waals surface area contributed by atoms with Crippen LogP contribution >= 0.6 is 0 Å². The predicted octanol–water partition coefficient (Wildman–Crippen LogP) is 1.19. The fourth-order valence-corrected chi connectivity index (χ4v) is 2.76. The summed E-state index contributed by atoms with van der Waals surface area (Å²) in [6.07, 6.45) is 3.35. The number of rotatable bonds is 7. The second-order valence-corrected chi connectivity index (χ2v) is 6.00. The van der Waals surface area contributed by atoms with Crippen molar-refractivity contribution >= 4 is 17.8 Å². The molecule has 4 amide bonds. The Morgan fingerprint density at radius 3 is 2.54 bits per heavy atom. The fourth-order valence-electron chi connectivity index (χ4n) is 2.76. The van der Waals surface area contributed by atoms with Crippen LogP contribution in [-0.4, -0.2) is 58.3 Å². The molecule has 0 aliphatic carbocycles. The van der Waals surface area contributed by atoms with Crippen LogP contribution in [0.4, 0.5) is 4.79 Å². The van der Waals surface area contributed by atoms with Crippen LogP contribution in [0.2, 0.25) is 0 Å². The summed E-state index contributed by atoms with van der Waals surface area (Å²) in [7, 11) is 1.66. The van der Waals surface area contributed by atoms with E-state index in [4.69, 9.17) is 0 Å². The maximum absolute atomic E-state index is 12.5. The molecule has 24 heavy (non-hydrogen) atoms. The number of carbonyl (C=O) groups is 3. The van der Waals surface area contributed by atoms with Gasteiger partial charge >= 0.3 is 6.03 Å². The number of imide groups is 1. The van der Waals surface area contributed by atoms with E-state index in [1.54, 1.807) is 13.2 Å². The van der Waals surface area contributed by atoms with E-state index in [2.05, 4.69) is 10.3 Å². The molecule has 1 aromatic heterocycles. The quantitative estimate of drug-likeness (QED) is 0.761. The normalized spacial score (nSPS) is 16.2. The maximum Gasteiger partial charge on any atom is 0.325 e. The van der Waals surface area contributed by atoms with Gasteiger partial charge in [-0.25, -0.2) is 4.79 Å². The van der Waals surface area contributed by atoms with Gasteiger partial charge in [-0.2, -0.15) is 0 Å². The molecule has 1 saturated heterocycles. The molecule has 7 heteroatoms. The number of pyridine rings is 1. The Hall–Kier alpha value is -2.44. The van der Waals surface area contributed by atoms with Gasteiger partial charge in [0.2, 0.25) is 5.91 Å². The molecule has 2 rings (SSSR count). The molecule has 7 nitrogen and oxygen atoms in total. The van der Waals surface area contributed by atoms with Gasteiger partial charge in [-0.05, 0) is 25.0 Å². The summed E-state index contributed by atoms with van der Waals surface area (Å²) in [6.45, 7) is 3.95. The van der Waals surface area contributed by atoms with Crippen molar-refractivity contribution in [3.05, 3.63) is 30.1 Å². The van der Waals surface area contributed by atoms with Crippen molar-refractivity contribution in [1.29, 1.82) is 0 Å². The van der Waals surface area contributed by atoms with Gasteiger partial charge in [-0.1, -0.05) is 19.9 Å². The average molecular weight is 332 g/mol. The third-order valence-corrected chi connectivity index (χ3v) is 4.60. The van der Waals surface area contributed by atoms with E-state index in [0.717, 1.165) is 10.6 Å². The van der Waals surface area contributed by atoms with Crippen LogP contribution in [0.5, 0.6) is 0 Å². The molecule has 0 spiro atoms. The number of amides is 4. The standard InChI is InChI=1S/C17H24N4O3/c1-4-17(5-2)15(23)21(16(24)19-17)12-14(22)20(3)11-9-13-8-6-7-10-18-13/h6-8,10H,4-5,9,11-12H2,1-3H3,(H,19,24). The topological polar surface area (TPSA) is 82.6 Å². The van der Waals surface area contributed by atoms with E-state index in [-0.39, 0.29) is 18.4 Å². The number of likely N-dealkylation sites (N-methyl/N-ethyl adjacent to an activating group) is 1. The molecular weight excluding hydrogens is 308 g/mol. The minimum atomic E-state index is -0.871. The van der Waals surface area contributed by atoms with Crippen molar-refractivity contribution in [2.75, 3.05) is 20.1 Å². The smallest absolute Gasteiger partial charge is 0.325 e. The van der Waals surface area contributed by atoms with Crippen molar-refractivity contribution in [3.8, 4) is 0 Å². The van der Waals surface area contributed by atoms with Gasteiger partial charge in [-0.15, -0.1) is 0 Å². The van der Waals surface area contributed by atoms with Crippen LogP contribution in [0.25, 0.3) is 0 Å². The molecule has 2 heterocycles. The molecule has 0 unspecified atom stereocenters. The Morgan fingerprint density at radius 1 is 1.29 bits per heavy atom. The molecule has 1 N–H and O–H groups in total. The van der Waals surface area contributed by atoms with Crippen LogP contribution < -0.4 is 5.32 Å². The Labute approximate surface area is 142 Å². The maximum atomic E-state index is 12.5. The Morgan fingerprint density at radius 2 is 2.00 bits per heavy atom. The number of carbonyl (C=O) groups excluding carboxylic acids is 3. The Kier molecular flexibility index (Phi) is 5.54. The minimum absolute atomic E-state index is 0.231. The van der Waals surface area contributed by atoms with E-state index >= 15 is 0 Å². The molecule has 0 aromatic carbocycles. The van der Waals surface area contributed by atoms with Gasteiger partial charge in [0.15, 0.2) is 0 Å². The summed E-state index contributed by atoms with van der Waals surface area (Å²) in [4.78, 5) is 43.7. The molecule has 0 saturated carbocycles. The lowest BCUT2D eigenvalue weighted by atomic mass is 9.93. The summed E-state index contributed by atoms with van der Waals surface area (Å²) in [5, 5.41) is 2.73. The molecule has 130 valence electrons. The Balaban J connectivity index is 1.94. The highest BCUT2D eigenvalue weighted by Crippen LogP contribution is 2.24. The van der Waals surface area contributed by atoms with Crippen molar-refractivity contribution in [2.45, 2.75) is 38.6 Å². The summed E-state index contributed by atoms with van der Waals surface area (Å²) >= 11 is 0. The molecule has 0 bridgehead atoms. The zero-order valence-electron chi connectivity index (χ0n) is 14.4. The van der Waals surface area contributed by atoms with Gasteiger partial charge in [0, 0.05) is 31.9 Å². The average Bonchev–Trinajstić information content (AvgIpc) is 2.85. The summed E-state index contributed by atoms with van der Waals surface area (Å²) in [6, 6.07) is 5.14. The minimum Gasteiger partial charge on any atom is -0.344 e. The number of nitrogens with zero attached hydrogens (tertiary/aromatic N) is 3. The highest BCUT2D eigenvalue weighted by molar-refractivity contribution is 6.08. The predicted molar refractivity (Wildman–Crippen MR) is 89.1 cm³/mol. The first-order chi connectivity index (χ1) is 11.4. The molecule has 0 atom stereocenters. The number of urea groups is 1. The van der Waals surface area contributed by atoms with Gasteiger partial charge in [0.05, 0.1) is 0 Å². The first kappa shape index (κ1) is 17.9. The third-order valence-electron chi connectivity index (χ3n) is 4.60. The largest absolute Gasteiger partial charge is 0.344 e. The highest BCUT2D eigenvalue weighted by Gasteiger charge is 2.49. The summed E-state index contributed by atoms with van der Waals surface area (Å²) in [5.74, 6) is -0.582. The molecule has 1 fully saturated rings.